The van der Waals surface area contributed by atoms with Crippen molar-refractivity contribution in [3.8, 4) is 0 Å². The molecule has 0 saturated carbocycles. The number of rotatable bonds is 7. The first-order valence-corrected chi connectivity index (χ1v) is 8.14. The van der Waals surface area contributed by atoms with Crippen molar-refractivity contribution in [2.75, 3.05) is 13.2 Å². The third-order valence-electron chi connectivity index (χ3n) is 3.86. The van der Waals surface area contributed by atoms with Gasteiger partial charge in [-0.05, 0) is 19.3 Å². The van der Waals surface area contributed by atoms with E-state index in [1.165, 1.54) is 0 Å². The molecule has 2 aromatic heterocycles. The Labute approximate surface area is 131 Å². The smallest absolute Gasteiger partial charge is 0.159 e. The molecule has 0 bridgehead atoms. The van der Waals surface area contributed by atoms with Crippen LogP contribution in [-0.4, -0.2) is 32.5 Å². The molecule has 0 aliphatic rings. The molecule has 0 fully saturated rings. The van der Waals surface area contributed by atoms with E-state index in [1.54, 1.807) is 0 Å². The third-order valence-corrected chi connectivity index (χ3v) is 4.10. The van der Waals surface area contributed by atoms with E-state index >= 15 is 0 Å². The molecule has 1 unspecified atom stereocenters. The number of ether oxygens (including phenoxy) is 1. The fraction of sp³-hybridized carbons (Fsp3) is 0.733. The summed E-state index contributed by atoms with van der Waals surface area (Å²) < 4.78 is 9.81. The van der Waals surface area contributed by atoms with Crippen molar-refractivity contribution < 1.29 is 4.74 Å². The Kier molecular flexibility index (Phi) is 5.27. The van der Waals surface area contributed by atoms with Gasteiger partial charge in [-0.15, -0.1) is 11.6 Å². The van der Waals surface area contributed by atoms with E-state index in [4.69, 9.17) is 21.3 Å². The maximum Gasteiger partial charge on any atom is 0.159 e. The van der Waals surface area contributed by atoms with E-state index in [0.717, 1.165) is 29.1 Å². The van der Waals surface area contributed by atoms with Crippen LogP contribution in [0.2, 0.25) is 0 Å². The Bertz CT molecular complexity index is 602. The molecule has 0 aliphatic carbocycles. The van der Waals surface area contributed by atoms with E-state index in [-0.39, 0.29) is 6.04 Å². The number of nitrogens with zero attached hydrogens (tertiary/aromatic N) is 4. The lowest BCUT2D eigenvalue weighted by molar-refractivity contribution is 0.0966. The molecule has 0 N–H and O–H groups in total. The first-order valence-electron chi connectivity index (χ1n) is 7.61. The molecule has 118 valence electrons. The van der Waals surface area contributed by atoms with Gasteiger partial charge in [0.15, 0.2) is 5.65 Å². The van der Waals surface area contributed by atoms with Gasteiger partial charge in [-0.2, -0.15) is 5.10 Å². The molecule has 0 aromatic carbocycles. The van der Waals surface area contributed by atoms with E-state index in [0.29, 0.717) is 25.0 Å². The Morgan fingerprint density at radius 1 is 1.29 bits per heavy atom. The summed E-state index contributed by atoms with van der Waals surface area (Å²) in [5.74, 6) is 1.72. The van der Waals surface area contributed by atoms with Gasteiger partial charge in [0.1, 0.15) is 11.3 Å². The van der Waals surface area contributed by atoms with Gasteiger partial charge in [-0.3, -0.25) is 4.68 Å². The number of aromatic nitrogens is 4. The lowest BCUT2D eigenvalue weighted by atomic mass is 10.1. The number of hydrogen-bond acceptors (Lipinski definition) is 3. The minimum absolute atomic E-state index is 0.212. The summed E-state index contributed by atoms with van der Waals surface area (Å²) in [5.41, 5.74) is 3.04. The Morgan fingerprint density at radius 2 is 2.00 bits per heavy atom. The molecular formula is C15H25ClN4O. The zero-order chi connectivity index (χ0) is 15.6. The van der Waals surface area contributed by atoms with Crippen LogP contribution in [0.1, 0.15) is 45.3 Å². The largest absolute Gasteiger partial charge is 0.380 e. The zero-order valence-electron chi connectivity index (χ0n) is 13.6. The van der Waals surface area contributed by atoms with Crippen LogP contribution in [-0.2, 0) is 24.1 Å². The van der Waals surface area contributed by atoms with Crippen LogP contribution in [0.15, 0.2) is 0 Å². The highest BCUT2D eigenvalue weighted by atomic mass is 35.5. The first-order chi connectivity index (χ1) is 10.0. The lowest BCUT2D eigenvalue weighted by Gasteiger charge is -2.24. The van der Waals surface area contributed by atoms with Gasteiger partial charge < -0.3 is 9.30 Å². The van der Waals surface area contributed by atoms with Crippen LogP contribution in [0.25, 0.3) is 11.2 Å². The zero-order valence-corrected chi connectivity index (χ0v) is 14.3. The summed E-state index contributed by atoms with van der Waals surface area (Å²) >= 11 is 6.14. The van der Waals surface area contributed by atoms with E-state index in [9.17, 15) is 0 Å². The monoisotopic (exact) mass is 312 g/mol. The maximum absolute atomic E-state index is 6.14. The van der Waals surface area contributed by atoms with Crippen LogP contribution in [0, 0.1) is 5.92 Å². The summed E-state index contributed by atoms with van der Waals surface area (Å²) in [6.45, 7) is 9.89. The maximum atomic E-state index is 6.14. The second-order valence-electron chi connectivity index (χ2n) is 5.60. The molecule has 0 amide bonds. The summed E-state index contributed by atoms with van der Waals surface area (Å²) in [6, 6.07) is 0.212. The van der Waals surface area contributed by atoms with Crippen LogP contribution in [0.4, 0.5) is 0 Å². The minimum atomic E-state index is 0.212. The molecule has 2 aromatic rings. The van der Waals surface area contributed by atoms with Crippen LogP contribution in [0.3, 0.4) is 0 Å². The van der Waals surface area contributed by atoms with Crippen molar-refractivity contribution >= 4 is 22.8 Å². The van der Waals surface area contributed by atoms with Crippen LogP contribution in [0.5, 0.6) is 0 Å². The minimum Gasteiger partial charge on any atom is -0.380 e. The normalized spacial score (nSPS) is 13.5. The molecule has 1 atom stereocenters. The Hall–Kier alpha value is -1.07. The highest BCUT2D eigenvalue weighted by Crippen LogP contribution is 2.29. The van der Waals surface area contributed by atoms with E-state index in [1.807, 2.05) is 18.7 Å². The molecule has 0 saturated heterocycles. The van der Waals surface area contributed by atoms with Gasteiger partial charge >= 0.3 is 0 Å². The molecule has 2 heterocycles. The van der Waals surface area contributed by atoms with Crippen LogP contribution < -0.4 is 0 Å². The summed E-state index contributed by atoms with van der Waals surface area (Å²) in [4.78, 5) is 4.73. The fourth-order valence-corrected chi connectivity index (χ4v) is 2.92. The molecule has 0 aliphatic heterocycles. The average molecular weight is 313 g/mol. The second kappa shape index (κ2) is 6.79. The molecule has 5 nitrogen and oxygen atoms in total. The van der Waals surface area contributed by atoms with Gasteiger partial charge in [0.25, 0.3) is 0 Å². The van der Waals surface area contributed by atoms with Crippen molar-refractivity contribution in [3.63, 3.8) is 0 Å². The van der Waals surface area contributed by atoms with Crippen molar-refractivity contribution in [1.82, 2.24) is 19.3 Å². The van der Waals surface area contributed by atoms with Crippen molar-refractivity contribution in [2.24, 2.45) is 13.0 Å². The molecule has 6 heteroatoms. The highest BCUT2D eigenvalue weighted by Gasteiger charge is 2.25. The van der Waals surface area contributed by atoms with Crippen molar-refractivity contribution in [1.29, 1.82) is 0 Å². The fourth-order valence-electron chi connectivity index (χ4n) is 2.73. The topological polar surface area (TPSA) is 44.9 Å². The van der Waals surface area contributed by atoms with E-state index in [2.05, 4.69) is 30.4 Å². The number of hydrogen-bond donors (Lipinski definition) is 0. The summed E-state index contributed by atoms with van der Waals surface area (Å²) in [7, 11) is 1.97. The molecule has 0 spiro atoms. The SMILES string of the molecule is CCOCC(C(C)C)n1c(CCl)nc2c(CC)nn(C)c21. The van der Waals surface area contributed by atoms with E-state index < -0.39 is 0 Å². The van der Waals surface area contributed by atoms with Crippen molar-refractivity contribution in [3.05, 3.63) is 11.5 Å². The average Bonchev–Trinajstić information content (AvgIpc) is 2.97. The number of imidazole rings is 1. The third kappa shape index (κ3) is 2.94. The molecule has 2 rings (SSSR count). The summed E-state index contributed by atoms with van der Waals surface area (Å²) in [6.07, 6.45) is 0.869. The van der Waals surface area contributed by atoms with Crippen LogP contribution >= 0.6 is 11.6 Å². The Morgan fingerprint density at radius 3 is 2.52 bits per heavy atom. The van der Waals surface area contributed by atoms with Crippen molar-refractivity contribution in [2.45, 2.75) is 46.0 Å². The standard InChI is InChI=1S/C15H25ClN4O/c1-6-11-14-15(19(5)18-11)20(13(8-16)17-14)12(10(3)4)9-21-7-2/h10,12H,6-9H2,1-5H3. The number of alkyl halides is 1. The van der Waals surface area contributed by atoms with Gasteiger partial charge in [0, 0.05) is 13.7 Å². The van der Waals surface area contributed by atoms with Gasteiger partial charge in [-0.1, -0.05) is 20.8 Å². The number of fused-ring (bicyclic) bond motifs is 1. The highest BCUT2D eigenvalue weighted by molar-refractivity contribution is 6.16. The number of aryl methyl sites for hydroxylation is 2. The second-order valence-corrected chi connectivity index (χ2v) is 5.87. The Balaban J connectivity index is 2.61. The molecule has 0 radical (unpaired) electrons. The van der Waals surface area contributed by atoms with Gasteiger partial charge in [-0.25, -0.2) is 4.98 Å². The quantitative estimate of drug-likeness (QED) is 0.737. The lowest BCUT2D eigenvalue weighted by Crippen LogP contribution is -2.23. The van der Waals surface area contributed by atoms with Gasteiger partial charge in [0.2, 0.25) is 0 Å². The molecular weight excluding hydrogens is 288 g/mol. The first kappa shape index (κ1) is 16.3. The number of halogens is 1. The summed E-state index contributed by atoms with van der Waals surface area (Å²) in [5, 5.41) is 4.58. The van der Waals surface area contributed by atoms with Gasteiger partial charge in [0.05, 0.1) is 24.2 Å². The predicted molar refractivity (Wildman–Crippen MR) is 85.8 cm³/mol. The molecule has 21 heavy (non-hydrogen) atoms. The predicted octanol–water partition coefficient (Wildman–Crippen LogP) is 3.30.